The Labute approximate surface area is 108 Å². The molecule has 2 N–H and O–H groups in total. The van der Waals surface area contributed by atoms with Crippen LogP contribution in [0.4, 0.5) is 0 Å². The molecule has 0 saturated heterocycles. The highest BCUT2D eigenvalue weighted by molar-refractivity contribution is 5.70. The Hall–Kier alpha value is -1.35. The summed E-state index contributed by atoms with van der Waals surface area (Å²) in [5.41, 5.74) is 9.51. The van der Waals surface area contributed by atoms with E-state index < -0.39 is 0 Å². The highest BCUT2D eigenvalue weighted by Crippen LogP contribution is 2.34. The zero-order valence-corrected chi connectivity index (χ0v) is 10.9. The van der Waals surface area contributed by atoms with Crippen LogP contribution in [0.5, 0.6) is 0 Å². The molecule has 0 spiro atoms. The molecule has 1 aromatic carbocycles. The van der Waals surface area contributed by atoms with Gasteiger partial charge in [0.1, 0.15) is 0 Å². The van der Waals surface area contributed by atoms with Crippen molar-refractivity contribution < 1.29 is 9.53 Å². The lowest BCUT2D eigenvalue weighted by atomic mass is 9.80. The number of hydrogen-bond donors (Lipinski definition) is 1. The monoisotopic (exact) mass is 247 g/mol. The fourth-order valence-electron chi connectivity index (χ4n) is 2.73. The van der Waals surface area contributed by atoms with Crippen LogP contribution < -0.4 is 5.73 Å². The molecule has 0 heterocycles. The summed E-state index contributed by atoms with van der Waals surface area (Å²) in [7, 11) is 0. The van der Waals surface area contributed by atoms with Gasteiger partial charge in [-0.05, 0) is 48.8 Å². The van der Waals surface area contributed by atoms with Crippen LogP contribution in [0.25, 0.3) is 0 Å². The zero-order chi connectivity index (χ0) is 13.0. The van der Waals surface area contributed by atoms with Gasteiger partial charge in [0.05, 0.1) is 13.0 Å². The Bertz CT molecular complexity index is 429. The van der Waals surface area contributed by atoms with Gasteiger partial charge in [0.2, 0.25) is 0 Å². The van der Waals surface area contributed by atoms with Crippen LogP contribution in [0.2, 0.25) is 0 Å². The van der Waals surface area contributed by atoms with Crippen LogP contribution >= 0.6 is 0 Å². The van der Waals surface area contributed by atoms with Crippen LogP contribution in [0.1, 0.15) is 48.8 Å². The number of fused-ring (bicyclic) bond motifs is 1. The van der Waals surface area contributed by atoms with Crippen molar-refractivity contribution in [1.82, 2.24) is 0 Å². The number of carbonyl (C=O) groups excluding carboxylic acids is 1. The summed E-state index contributed by atoms with van der Waals surface area (Å²) in [6, 6.07) is 6.40. The number of benzene rings is 1. The number of rotatable bonds is 4. The molecule has 0 amide bonds. The van der Waals surface area contributed by atoms with Crippen LogP contribution in [0.15, 0.2) is 18.2 Å². The zero-order valence-electron chi connectivity index (χ0n) is 10.9. The lowest BCUT2D eigenvalue weighted by Gasteiger charge is -2.25. The maximum absolute atomic E-state index is 11.6. The van der Waals surface area contributed by atoms with Crippen molar-refractivity contribution in [2.45, 2.75) is 45.1 Å². The van der Waals surface area contributed by atoms with E-state index in [0.29, 0.717) is 25.5 Å². The lowest BCUT2D eigenvalue weighted by Crippen LogP contribution is -2.16. The van der Waals surface area contributed by atoms with Gasteiger partial charge in [-0.1, -0.05) is 18.2 Å². The Morgan fingerprint density at radius 2 is 2.33 bits per heavy atom. The number of hydrogen-bond acceptors (Lipinski definition) is 3. The number of aryl methyl sites for hydroxylation is 1. The predicted octanol–water partition coefficient (Wildman–Crippen LogP) is 2.52. The Balaban J connectivity index is 2.15. The van der Waals surface area contributed by atoms with Gasteiger partial charge < -0.3 is 10.5 Å². The third kappa shape index (κ3) is 2.91. The minimum Gasteiger partial charge on any atom is -0.466 e. The molecule has 1 atom stereocenters. The Morgan fingerprint density at radius 3 is 3.06 bits per heavy atom. The van der Waals surface area contributed by atoms with Gasteiger partial charge in [0, 0.05) is 6.54 Å². The Morgan fingerprint density at radius 1 is 1.50 bits per heavy atom. The second kappa shape index (κ2) is 6.01. The van der Waals surface area contributed by atoms with E-state index in [2.05, 4.69) is 18.2 Å². The second-order valence-corrected chi connectivity index (χ2v) is 4.84. The van der Waals surface area contributed by atoms with Crippen molar-refractivity contribution >= 4 is 5.97 Å². The van der Waals surface area contributed by atoms with Crippen molar-refractivity contribution in [3.05, 3.63) is 34.9 Å². The van der Waals surface area contributed by atoms with Gasteiger partial charge in [0.15, 0.2) is 0 Å². The average molecular weight is 247 g/mol. The molecule has 1 aliphatic rings. The van der Waals surface area contributed by atoms with Crippen molar-refractivity contribution in [3.63, 3.8) is 0 Å². The molecule has 1 aromatic rings. The molecular weight excluding hydrogens is 226 g/mol. The maximum Gasteiger partial charge on any atom is 0.306 e. The van der Waals surface area contributed by atoms with Crippen molar-refractivity contribution in [1.29, 1.82) is 0 Å². The number of ether oxygens (including phenoxy) is 1. The molecule has 0 fully saturated rings. The summed E-state index contributed by atoms with van der Waals surface area (Å²) in [5, 5.41) is 0. The summed E-state index contributed by atoms with van der Waals surface area (Å²) >= 11 is 0. The largest absolute Gasteiger partial charge is 0.466 e. The SMILES string of the molecule is CCOC(=O)CC1CCCc2cc(CN)ccc21. The van der Waals surface area contributed by atoms with Crippen molar-refractivity contribution in [2.75, 3.05) is 6.61 Å². The second-order valence-electron chi connectivity index (χ2n) is 4.84. The normalized spacial score (nSPS) is 18.2. The highest BCUT2D eigenvalue weighted by Gasteiger charge is 2.23. The highest BCUT2D eigenvalue weighted by atomic mass is 16.5. The smallest absolute Gasteiger partial charge is 0.306 e. The molecule has 0 aliphatic heterocycles. The van der Waals surface area contributed by atoms with Gasteiger partial charge in [-0.25, -0.2) is 0 Å². The van der Waals surface area contributed by atoms with Crippen LogP contribution in [-0.2, 0) is 22.5 Å². The molecular formula is C15H21NO2. The quantitative estimate of drug-likeness (QED) is 0.832. The first-order valence-corrected chi connectivity index (χ1v) is 6.72. The molecule has 0 radical (unpaired) electrons. The third-order valence-electron chi connectivity index (χ3n) is 3.60. The summed E-state index contributed by atoms with van der Waals surface area (Å²) in [4.78, 5) is 11.6. The molecule has 1 unspecified atom stereocenters. The van der Waals surface area contributed by atoms with E-state index in [-0.39, 0.29) is 5.97 Å². The van der Waals surface area contributed by atoms with Crippen LogP contribution in [-0.4, -0.2) is 12.6 Å². The fourth-order valence-corrected chi connectivity index (χ4v) is 2.73. The maximum atomic E-state index is 11.6. The minimum atomic E-state index is -0.0850. The standard InChI is InChI=1S/C15H21NO2/c1-2-18-15(17)9-13-5-3-4-12-8-11(10-16)6-7-14(12)13/h6-8,13H,2-5,9-10,16H2,1H3. The van der Waals surface area contributed by atoms with E-state index in [4.69, 9.17) is 10.5 Å². The molecule has 2 rings (SSSR count). The van der Waals surface area contributed by atoms with E-state index in [9.17, 15) is 4.79 Å². The van der Waals surface area contributed by atoms with E-state index in [1.54, 1.807) is 0 Å². The molecule has 18 heavy (non-hydrogen) atoms. The van der Waals surface area contributed by atoms with Gasteiger partial charge in [-0.3, -0.25) is 4.79 Å². The minimum absolute atomic E-state index is 0.0850. The molecule has 0 bridgehead atoms. The van der Waals surface area contributed by atoms with Gasteiger partial charge in [-0.15, -0.1) is 0 Å². The van der Waals surface area contributed by atoms with Crippen molar-refractivity contribution in [2.24, 2.45) is 5.73 Å². The molecule has 3 heteroatoms. The summed E-state index contributed by atoms with van der Waals surface area (Å²) in [6.07, 6.45) is 3.82. The molecule has 0 saturated carbocycles. The number of esters is 1. The molecule has 3 nitrogen and oxygen atoms in total. The first kappa shape index (κ1) is 13.1. The summed E-state index contributed by atoms with van der Waals surface area (Å²) < 4.78 is 5.05. The van der Waals surface area contributed by atoms with E-state index >= 15 is 0 Å². The summed E-state index contributed by atoms with van der Waals surface area (Å²) in [5.74, 6) is 0.234. The van der Waals surface area contributed by atoms with Crippen LogP contribution in [0.3, 0.4) is 0 Å². The van der Waals surface area contributed by atoms with E-state index in [1.165, 1.54) is 16.7 Å². The van der Waals surface area contributed by atoms with Gasteiger partial charge in [-0.2, -0.15) is 0 Å². The van der Waals surface area contributed by atoms with Crippen LogP contribution in [0, 0.1) is 0 Å². The Kier molecular flexibility index (Phi) is 4.37. The van der Waals surface area contributed by atoms with Crippen molar-refractivity contribution in [3.8, 4) is 0 Å². The lowest BCUT2D eigenvalue weighted by molar-refractivity contribution is -0.143. The molecule has 1 aliphatic carbocycles. The van der Waals surface area contributed by atoms with E-state index in [0.717, 1.165) is 19.3 Å². The van der Waals surface area contributed by atoms with Gasteiger partial charge in [0.25, 0.3) is 0 Å². The first-order valence-electron chi connectivity index (χ1n) is 6.72. The summed E-state index contributed by atoms with van der Waals surface area (Å²) in [6.45, 7) is 2.89. The molecule has 0 aromatic heterocycles. The predicted molar refractivity (Wildman–Crippen MR) is 71.3 cm³/mol. The molecule has 98 valence electrons. The third-order valence-corrected chi connectivity index (χ3v) is 3.60. The number of nitrogens with two attached hydrogens (primary N) is 1. The van der Waals surface area contributed by atoms with E-state index in [1.807, 2.05) is 6.92 Å². The van der Waals surface area contributed by atoms with Gasteiger partial charge >= 0.3 is 5.97 Å². The topological polar surface area (TPSA) is 52.3 Å². The fraction of sp³-hybridized carbons (Fsp3) is 0.533. The first-order chi connectivity index (χ1) is 8.74. The average Bonchev–Trinajstić information content (AvgIpc) is 2.38. The number of carbonyl (C=O) groups is 1.